The average Bonchev–Trinajstić information content (AvgIpc) is 2.99. The van der Waals surface area contributed by atoms with Crippen LogP contribution in [0.4, 0.5) is 0 Å². The standard InChI is InChI=1S/C18H23N5/c1-4-7-22-10-14(12(2)21-22)11-23-15-5-6-18(23)16-9-19-13(3)20-17(16)8-15/h4,9-10,15,18H,1,5-8,11H2,2-3H3/t15-,18-/m1/s1. The monoisotopic (exact) mass is 309 g/mol. The second-order valence-corrected chi connectivity index (χ2v) is 6.69. The van der Waals surface area contributed by atoms with Gasteiger partial charge >= 0.3 is 0 Å². The van der Waals surface area contributed by atoms with E-state index in [2.05, 4.69) is 39.7 Å². The number of fused-ring (bicyclic) bond motifs is 4. The molecular weight excluding hydrogens is 286 g/mol. The van der Waals surface area contributed by atoms with Gasteiger partial charge in [0.05, 0.1) is 17.9 Å². The molecule has 0 radical (unpaired) electrons. The molecular formula is C18H23N5. The highest BCUT2D eigenvalue weighted by Crippen LogP contribution is 2.43. The zero-order valence-corrected chi connectivity index (χ0v) is 13.9. The van der Waals surface area contributed by atoms with Gasteiger partial charge in [-0.25, -0.2) is 9.97 Å². The van der Waals surface area contributed by atoms with E-state index in [1.807, 2.05) is 23.9 Å². The molecule has 2 aromatic rings. The molecule has 1 fully saturated rings. The third-order valence-electron chi connectivity index (χ3n) is 5.17. The highest BCUT2D eigenvalue weighted by atomic mass is 15.3. The van der Waals surface area contributed by atoms with Crippen LogP contribution in [0.25, 0.3) is 0 Å². The summed E-state index contributed by atoms with van der Waals surface area (Å²) in [4.78, 5) is 11.7. The Morgan fingerprint density at radius 1 is 1.35 bits per heavy atom. The van der Waals surface area contributed by atoms with E-state index in [1.54, 1.807) is 0 Å². The van der Waals surface area contributed by atoms with Crippen molar-refractivity contribution < 1.29 is 0 Å². The van der Waals surface area contributed by atoms with Crippen molar-refractivity contribution >= 4 is 0 Å². The van der Waals surface area contributed by atoms with Crippen molar-refractivity contribution in [2.24, 2.45) is 0 Å². The molecule has 0 saturated carbocycles. The number of nitrogens with zero attached hydrogens (tertiary/aromatic N) is 5. The molecule has 0 amide bonds. The molecule has 0 aromatic carbocycles. The van der Waals surface area contributed by atoms with Crippen LogP contribution < -0.4 is 0 Å². The summed E-state index contributed by atoms with van der Waals surface area (Å²) in [7, 11) is 0. The lowest BCUT2D eigenvalue weighted by Gasteiger charge is -2.35. The topological polar surface area (TPSA) is 46.8 Å². The Bertz CT molecular complexity index is 748. The largest absolute Gasteiger partial charge is 0.288 e. The molecule has 2 aliphatic heterocycles. The Morgan fingerprint density at radius 3 is 3.04 bits per heavy atom. The van der Waals surface area contributed by atoms with Crippen LogP contribution in [-0.4, -0.2) is 30.7 Å². The van der Waals surface area contributed by atoms with Crippen molar-refractivity contribution in [3.8, 4) is 0 Å². The SMILES string of the molecule is C=CCn1cc(CN2[C@@H]3CC[C@@H]2c2cnc(C)nc2C3)c(C)n1. The van der Waals surface area contributed by atoms with Gasteiger partial charge in [0.25, 0.3) is 0 Å². The Balaban J connectivity index is 1.61. The smallest absolute Gasteiger partial charge is 0.125 e. The Kier molecular flexibility index (Phi) is 3.53. The van der Waals surface area contributed by atoms with Gasteiger partial charge in [-0.1, -0.05) is 6.08 Å². The lowest BCUT2D eigenvalue weighted by atomic mass is 9.98. The Morgan fingerprint density at radius 2 is 2.22 bits per heavy atom. The lowest BCUT2D eigenvalue weighted by Crippen LogP contribution is -2.37. The molecule has 4 heterocycles. The van der Waals surface area contributed by atoms with Gasteiger partial charge in [-0.3, -0.25) is 9.58 Å². The minimum Gasteiger partial charge on any atom is -0.288 e. The van der Waals surface area contributed by atoms with E-state index in [1.165, 1.54) is 29.7 Å². The molecule has 23 heavy (non-hydrogen) atoms. The summed E-state index contributed by atoms with van der Waals surface area (Å²) in [5.74, 6) is 0.887. The van der Waals surface area contributed by atoms with E-state index >= 15 is 0 Å². The van der Waals surface area contributed by atoms with Crippen LogP contribution >= 0.6 is 0 Å². The summed E-state index contributed by atoms with van der Waals surface area (Å²) >= 11 is 0. The highest BCUT2D eigenvalue weighted by molar-refractivity contribution is 5.29. The van der Waals surface area contributed by atoms with E-state index in [0.29, 0.717) is 12.1 Å². The van der Waals surface area contributed by atoms with Gasteiger partial charge in [-0.05, 0) is 26.7 Å². The maximum Gasteiger partial charge on any atom is 0.125 e. The van der Waals surface area contributed by atoms with Gasteiger partial charge < -0.3 is 0 Å². The van der Waals surface area contributed by atoms with Crippen LogP contribution in [0.2, 0.25) is 0 Å². The summed E-state index contributed by atoms with van der Waals surface area (Å²) in [6.07, 6.45) is 9.61. The van der Waals surface area contributed by atoms with Gasteiger partial charge in [0.1, 0.15) is 5.82 Å². The molecule has 4 rings (SSSR count). The van der Waals surface area contributed by atoms with Crippen LogP contribution in [0.15, 0.2) is 25.0 Å². The summed E-state index contributed by atoms with van der Waals surface area (Å²) < 4.78 is 1.98. The molecule has 2 aliphatic rings. The maximum atomic E-state index is 4.68. The summed E-state index contributed by atoms with van der Waals surface area (Å²) in [6.45, 7) is 9.60. The van der Waals surface area contributed by atoms with Gasteiger partial charge in [0, 0.05) is 48.6 Å². The molecule has 5 heteroatoms. The number of allylic oxidation sites excluding steroid dienone is 1. The van der Waals surface area contributed by atoms with Crippen LogP contribution in [0.5, 0.6) is 0 Å². The molecule has 0 unspecified atom stereocenters. The molecule has 2 aromatic heterocycles. The number of rotatable bonds is 4. The zero-order chi connectivity index (χ0) is 16.0. The number of hydrogen-bond acceptors (Lipinski definition) is 4. The van der Waals surface area contributed by atoms with Gasteiger partial charge in [-0.2, -0.15) is 5.10 Å². The molecule has 0 spiro atoms. The first kappa shape index (κ1) is 14.6. The second-order valence-electron chi connectivity index (χ2n) is 6.69. The lowest BCUT2D eigenvalue weighted by molar-refractivity contribution is 0.165. The van der Waals surface area contributed by atoms with Gasteiger partial charge in [0.15, 0.2) is 0 Å². The fourth-order valence-electron chi connectivity index (χ4n) is 4.06. The van der Waals surface area contributed by atoms with Crippen molar-refractivity contribution in [1.82, 2.24) is 24.6 Å². The number of hydrogen-bond donors (Lipinski definition) is 0. The molecule has 5 nitrogen and oxygen atoms in total. The number of aromatic nitrogens is 4. The molecule has 0 N–H and O–H groups in total. The minimum absolute atomic E-state index is 0.464. The van der Waals surface area contributed by atoms with Crippen molar-refractivity contribution in [2.75, 3.05) is 0 Å². The number of aryl methyl sites for hydroxylation is 2. The van der Waals surface area contributed by atoms with Gasteiger partial charge in [0.2, 0.25) is 0 Å². The zero-order valence-electron chi connectivity index (χ0n) is 13.9. The van der Waals surface area contributed by atoms with E-state index in [4.69, 9.17) is 0 Å². The Hall–Kier alpha value is -2.01. The average molecular weight is 309 g/mol. The molecule has 2 bridgehead atoms. The Labute approximate surface area is 137 Å². The fourth-order valence-corrected chi connectivity index (χ4v) is 4.06. The molecule has 0 aliphatic carbocycles. The normalized spacial score (nSPS) is 23.0. The molecule has 120 valence electrons. The third-order valence-corrected chi connectivity index (χ3v) is 5.17. The third kappa shape index (κ3) is 2.49. The molecule has 2 atom stereocenters. The van der Waals surface area contributed by atoms with Crippen molar-refractivity contribution in [1.29, 1.82) is 0 Å². The van der Waals surface area contributed by atoms with Crippen LogP contribution in [0.1, 0.15) is 47.2 Å². The summed E-state index contributed by atoms with van der Waals surface area (Å²) in [5, 5.41) is 4.59. The first-order valence-electron chi connectivity index (χ1n) is 8.37. The van der Waals surface area contributed by atoms with Crippen LogP contribution in [0.3, 0.4) is 0 Å². The minimum atomic E-state index is 0.464. The summed E-state index contributed by atoms with van der Waals surface area (Å²) in [6, 6.07) is 1.07. The van der Waals surface area contributed by atoms with Crippen molar-refractivity contribution in [3.63, 3.8) is 0 Å². The molecule has 1 saturated heterocycles. The van der Waals surface area contributed by atoms with E-state index < -0.39 is 0 Å². The van der Waals surface area contributed by atoms with E-state index in [0.717, 1.165) is 31.0 Å². The maximum absolute atomic E-state index is 4.68. The first-order valence-corrected chi connectivity index (χ1v) is 8.37. The van der Waals surface area contributed by atoms with E-state index in [9.17, 15) is 0 Å². The van der Waals surface area contributed by atoms with Crippen LogP contribution in [-0.2, 0) is 19.5 Å². The second kappa shape index (κ2) is 5.57. The van der Waals surface area contributed by atoms with E-state index in [-0.39, 0.29) is 0 Å². The predicted octanol–water partition coefficient (Wildman–Crippen LogP) is 2.74. The van der Waals surface area contributed by atoms with Gasteiger partial charge in [-0.15, -0.1) is 6.58 Å². The predicted molar refractivity (Wildman–Crippen MR) is 88.9 cm³/mol. The first-order chi connectivity index (χ1) is 11.2. The van der Waals surface area contributed by atoms with Crippen molar-refractivity contribution in [2.45, 2.75) is 58.3 Å². The fraction of sp³-hybridized carbons (Fsp3) is 0.500. The quantitative estimate of drug-likeness (QED) is 0.815. The van der Waals surface area contributed by atoms with Crippen molar-refractivity contribution in [3.05, 3.63) is 53.4 Å². The summed E-state index contributed by atoms with van der Waals surface area (Å²) in [5.41, 5.74) is 5.04. The van der Waals surface area contributed by atoms with Crippen LogP contribution in [0, 0.1) is 13.8 Å². The highest BCUT2D eigenvalue weighted by Gasteiger charge is 2.40.